The number of hydrogen-bond acceptors (Lipinski definition) is 3. The molecule has 0 radical (unpaired) electrons. The molecule has 1 fully saturated rings. The molecule has 0 aromatic carbocycles. The lowest BCUT2D eigenvalue weighted by atomic mass is 10.1. The van der Waals surface area contributed by atoms with Gasteiger partial charge in [0, 0.05) is 25.0 Å². The first-order valence-electron chi connectivity index (χ1n) is 4.71. The van der Waals surface area contributed by atoms with Crippen molar-refractivity contribution in [2.75, 3.05) is 6.54 Å². The highest BCUT2D eigenvalue weighted by Gasteiger charge is 2.26. The van der Waals surface area contributed by atoms with E-state index in [0.717, 1.165) is 12.1 Å². The summed E-state index contributed by atoms with van der Waals surface area (Å²) in [6, 6.07) is 3.69. The van der Waals surface area contributed by atoms with Gasteiger partial charge in [0.1, 0.15) is 6.04 Å². The van der Waals surface area contributed by atoms with E-state index in [2.05, 4.69) is 15.6 Å². The smallest absolute Gasteiger partial charge is 0.242 e. The van der Waals surface area contributed by atoms with Gasteiger partial charge >= 0.3 is 0 Å². The van der Waals surface area contributed by atoms with Crippen LogP contribution in [0.15, 0.2) is 24.5 Å². The molecular formula is C10H13N3O. The molecule has 1 aromatic rings. The lowest BCUT2D eigenvalue weighted by Crippen LogP contribution is -2.52. The molecule has 1 aliphatic heterocycles. The number of hydrogen-bond donors (Lipinski definition) is 2. The Morgan fingerprint density at radius 3 is 3.07 bits per heavy atom. The third-order valence-corrected chi connectivity index (χ3v) is 2.30. The van der Waals surface area contributed by atoms with E-state index in [1.165, 1.54) is 0 Å². The maximum atomic E-state index is 11.6. The van der Waals surface area contributed by atoms with Crippen LogP contribution in [0.3, 0.4) is 0 Å². The molecule has 2 rings (SSSR count). The van der Waals surface area contributed by atoms with E-state index in [-0.39, 0.29) is 18.0 Å². The number of amides is 1. The summed E-state index contributed by atoms with van der Waals surface area (Å²) in [5.41, 5.74) is 0.914. The van der Waals surface area contributed by atoms with Crippen molar-refractivity contribution >= 4 is 5.91 Å². The summed E-state index contributed by atoms with van der Waals surface area (Å²) in [4.78, 5) is 15.6. The minimum absolute atomic E-state index is 0.0248. The SMILES string of the molecule is C[C@@H]1CN[C@@H](c2cccnc2)C(=O)N1. The van der Waals surface area contributed by atoms with E-state index in [1.54, 1.807) is 12.4 Å². The summed E-state index contributed by atoms with van der Waals surface area (Å²) < 4.78 is 0. The quantitative estimate of drug-likeness (QED) is 0.668. The Hall–Kier alpha value is -1.42. The van der Waals surface area contributed by atoms with Crippen LogP contribution in [0.4, 0.5) is 0 Å². The first-order chi connectivity index (χ1) is 6.77. The third-order valence-electron chi connectivity index (χ3n) is 2.30. The van der Waals surface area contributed by atoms with E-state index in [1.807, 2.05) is 19.1 Å². The van der Waals surface area contributed by atoms with Crippen molar-refractivity contribution in [1.82, 2.24) is 15.6 Å². The zero-order valence-corrected chi connectivity index (χ0v) is 8.03. The van der Waals surface area contributed by atoms with Gasteiger partial charge in [-0.3, -0.25) is 9.78 Å². The van der Waals surface area contributed by atoms with Gasteiger partial charge in [-0.25, -0.2) is 0 Å². The van der Waals surface area contributed by atoms with Gasteiger partial charge in [0.05, 0.1) is 0 Å². The second-order valence-electron chi connectivity index (χ2n) is 3.54. The molecule has 0 unspecified atom stereocenters. The van der Waals surface area contributed by atoms with Crippen molar-refractivity contribution in [3.8, 4) is 0 Å². The van der Waals surface area contributed by atoms with Gasteiger partial charge in [-0.05, 0) is 18.6 Å². The summed E-state index contributed by atoms with van der Waals surface area (Å²) in [6.45, 7) is 2.77. The van der Waals surface area contributed by atoms with E-state index in [0.29, 0.717) is 0 Å². The van der Waals surface area contributed by atoms with Crippen LogP contribution < -0.4 is 10.6 Å². The molecule has 4 nitrogen and oxygen atoms in total. The number of carbonyl (C=O) groups is 1. The Bertz CT molecular complexity index is 325. The van der Waals surface area contributed by atoms with Crippen molar-refractivity contribution in [3.05, 3.63) is 30.1 Å². The summed E-state index contributed by atoms with van der Waals surface area (Å²) in [5.74, 6) is 0.0248. The molecule has 14 heavy (non-hydrogen) atoms. The highest BCUT2D eigenvalue weighted by Crippen LogP contribution is 2.13. The van der Waals surface area contributed by atoms with Gasteiger partial charge in [-0.15, -0.1) is 0 Å². The molecular weight excluding hydrogens is 178 g/mol. The number of carbonyl (C=O) groups excluding carboxylic acids is 1. The molecule has 2 N–H and O–H groups in total. The van der Waals surface area contributed by atoms with Gasteiger partial charge in [0.2, 0.25) is 5.91 Å². The normalized spacial score (nSPS) is 27.1. The fourth-order valence-corrected chi connectivity index (χ4v) is 1.58. The first-order valence-corrected chi connectivity index (χ1v) is 4.71. The minimum Gasteiger partial charge on any atom is -0.351 e. The maximum Gasteiger partial charge on any atom is 0.242 e. The third kappa shape index (κ3) is 1.75. The van der Waals surface area contributed by atoms with Crippen molar-refractivity contribution in [2.24, 2.45) is 0 Å². The van der Waals surface area contributed by atoms with Crippen molar-refractivity contribution in [3.63, 3.8) is 0 Å². The van der Waals surface area contributed by atoms with E-state index in [4.69, 9.17) is 0 Å². The highest BCUT2D eigenvalue weighted by atomic mass is 16.2. The fourth-order valence-electron chi connectivity index (χ4n) is 1.58. The first kappa shape index (κ1) is 9.15. The lowest BCUT2D eigenvalue weighted by Gasteiger charge is -2.28. The predicted octanol–water partition coefficient (Wildman–Crippen LogP) is 0.231. The van der Waals surface area contributed by atoms with E-state index in [9.17, 15) is 4.79 Å². The highest BCUT2D eigenvalue weighted by molar-refractivity contribution is 5.84. The van der Waals surface area contributed by atoms with Crippen LogP contribution in [-0.2, 0) is 4.79 Å². The molecule has 1 aliphatic rings. The standard InChI is InChI=1S/C10H13N3O/c1-7-5-12-9(10(14)13-7)8-3-2-4-11-6-8/h2-4,6-7,9,12H,5H2,1H3,(H,13,14)/t7-,9+/m1/s1. The van der Waals surface area contributed by atoms with Gasteiger partial charge in [-0.1, -0.05) is 6.07 Å². The van der Waals surface area contributed by atoms with E-state index < -0.39 is 0 Å². The molecule has 2 heterocycles. The zero-order chi connectivity index (χ0) is 9.97. The van der Waals surface area contributed by atoms with Crippen LogP contribution in [0, 0.1) is 0 Å². The van der Waals surface area contributed by atoms with Crippen LogP contribution in [0.1, 0.15) is 18.5 Å². The average molecular weight is 191 g/mol. The number of rotatable bonds is 1. The Balaban J connectivity index is 2.16. The number of nitrogens with one attached hydrogen (secondary N) is 2. The molecule has 4 heteroatoms. The topological polar surface area (TPSA) is 54.0 Å². The van der Waals surface area contributed by atoms with Crippen LogP contribution >= 0.6 is 0 Å². The molecule has 0 aliphatic carbocycles. The van der Waals surface area contributed by atoms with Gasteiger partial charge in [0.15, 0.2) is 0 Å². The molecule has 0 spiro atoms. The van der Waals surface area contributed by atoms with Gasteiger partial charge < -0.3 is 10.6 Å². The Labute approximate surface area is 82.7 Å². The molecule has 1 amide bonds. The largest absolute Gasteiger partial charge is 0.351 e. The molecule has 1 aromatic heterocycles. The minimum atomic E-state index is -0.250. The maximum absolute atomic E-state index is 11.6. The van der Waals surface area contributed by atoms with Gasteiger partial charge in [-0.2, -0.15) is 0 Å². The Morgan fingerprint density at radius 2 is 2.43 bits per heavy atom. The van der Waals surface area contributed by atoms with Gasteiger partial charge in [0.25, 0.3) is 0 Å². The van der Waals surface area contributed by atoms with Crippen molar-refractivity contribution < 1.29 is 4.79 Å². The number of piperazine rings is 1. The van der Waals surface area contributed by atoms with E-state index >= 15 is 0 Å². The molecule has 2 atom stereocenters. The predicted molar refractivity (Wildman–Crippen MR) is 52.6 cm³/mol. The summed E-state index contributed by atoms with van der Waals surface area (Å²) in [7, 11) is 0. The molecule has 74 valence electrons. The summed E-state index contributed by atoms with van der Waals surface area (Å²) in [6.07, 6.45) is 3.42. The summed E-state index contributed by atoms with van der Waals surface area (Å²) in [5, 5.41) is 6.08. The van der Waals surface area contributed by atoms with Crippen molar-refractivity contribution in [1.29, 1.82) is 0 Å². The number of aromatic nitrogens is 1. The Kier molecular flexibility index (Phi) is 2.45. The van der Waals surface area contributed by atoms with Crippen LogP contribution in [0.25, 0.3) is 0 Å². The number of nitrogens with zero attached hydrogens (tertiary/aromatic N) is 1. The lowest BCUT2D eigenvalue weighted by molar-refractivity contribution is -0.125. The van der Waals surface area contributed by atoms with Crippen LogP contribution in [0.5, 0.6) is 0 Å². The average Bonchev–Trinajstić information content (AvgIpc) is 2.19. The molecule has 1 saturated heterocycles. The zero-order valence-electron chi connectivity index (χ0n) is 8.03. The number of pyridine rings is 1. The van der Waals surface area contributed by atoms with Crippen LogP contribution in [-0.4, -0.2) is 23.5 Å². The van der Waals surface area contributed by atoms with Crippen LogP contribution in [0.2, 0.25) is 0 Å². The van der Waals surface area contributed by atoms with Crippen molar-refractivity contribution in [2.45, 2.75) is 19.0 Å². The summed E-state index contributed by atoms with van der Waals surface area (Å²) >= 11 is 0. The second-order valence-corrected chi connectivity index (χ2v) is 3.54. The Morgan fingerprint density at radius 1 is 1.57 bits per heavy atom. The fraction of sp³-hybridized carbons (Fsp3) is 0.400. The molecule has 0 saturated carbocycles. The monoisotopic (exact) mass is 191 g/mol. The molecule has 0 bridgehead atoms. The second kappa shape index (κ2) is 3.75.